The lowest BCUT2D eigenvalue weighted by Crippen LogP contribution is -2.30. The normalized spacial score (nSPS) is 14.5. The summed E-state index contributed by atoms with van der Waals surface area (Å²) in [5.74, 6) is 0.894. The SMILES string of the molecule is Cn1c(=O)c2sccc2n2c(CN3CCCc4cc(OC(F)(F)F)ccc43)nnc12. The van der Waals surface area contributed by atoms with E-state index >= 15 is 0 Å². The molecule has 7 nitrogen and oxygen atoms in total. The highest BCUT2D eigenvalue weighted by molar-refractivity contribution is 7.17. The summed E-state index contributed by atoms with van der Waals surface area (Å²) in [6, 6.07) is 6.28. The Kier molecular flexibility index (Phi) is 4.24. The second-order valence-electron chi connectivity index (χ2n) is 7.11. The van der Waals surface area contributed by atoms with Gasteiger partial charge in [0.1, 0.15) is 10.4 Å². The van der Waals surface area contributed by atoms with Gasteiger partial charge in [0.25, 0.3) is 5.56 Å². The summed E-state index contributed by atoms with van der Waals surface area (Å²) < 4.78 is 45.6. The lowest BCUT2D eigenvalue weighted by molar-refractivity contribution is -0.274. The predicted molar refractivity (Wildman–Crippen MR) is 106 cm³/mol. The van der Waals surface area contributed by atoms with E-state index in [1.165, 1.54) is 28.0 Å². The van der Waals surface area contributed by atoms with E-state index in [1.54, 1.807) is 13.1 Å². The highest BCUT2D eigenvalue weighted by Gasteiger charge is 2.31. The molecule has 0 fully saturated rings. The van der Waals surface area contributed by atoms with Crippen molar-refractivity contribution < 1.29 is 17.9 Å². The van der Waals surface area contributed by atoms with Crippen LogP contribution in [0, 0.1) is 0 Å². The zero-order valence-electron chi connectivity index (χ0n) is 15.8. The van der Waals surface area contributed by atoms with Crippen molar-refractivity contribution in [2.24, 2.45) is 7.05 Å². The number of rotatable bonds is 3. The first-order chi connectivity index (χ1) is 14.3. The molecule has 30 heavy (non-hydrogen) atoms. The zero-order chi connectivity index (χ0) is 21.0. The van der Waals surface area contributed by atoms with Gasteiger partial charge in [0.2, 0.25) is 5.78 Å². The highest BCUT2D eigenvalue weighted by Crippen LogP contribution is 2.33. The van der Waals surface area contributed by atoms with Crippen molar-refractivity contribution in [2.45, 2.75) is 25.7 Å². The van der Waals surface area contributed by atoms with Crippen LogP contribution in [-0.4, -0.2) is 32.1 Å². The number of anilines is 1. The number of fused-ring (bicyclic) bond motifs is 4. The van der Waals surface area contributed by atoms with E-state index in [9.17, 15) is 18.0 Å². The van der Waals surface area contributed by atoms with Crippen LogP contribution < -0.4 is 15.2 Å². The Balaban J connectivity index is 1.54. The van der Waals surface area contributed by atoms with Gasteiger partial charge in [-0.1, -0.05) is 0 Å². The van der Waals surface area contributed by atoms with Crippen LogP contribution in [0.4, 0.5) is 18.9 Å². The van der Waals surface area contributed by atoms with Crippen molar-refractivity contribution in [3.05, 3.63) is 51.4 Å². The van der Waals surface area contributed by atoms with Crippen molar-refractivity contribution >= 4 is 33.0 Å². The summed E-state index contributed by atoms with van der Waals surface area (Å²) >= 11 is 1.37. The molecule has 1 aliphatic heterocycles. The van der Waals surface area contributed by atoms with Gasteiger partial charge in [-0.2, -0.15) is 0 Å². The molecule has 0 amide bonds. The zero-order valence-corrected chi connectivity index (χ0v) is 16.6. The average molecular weight is 435 g/mol. The van der Waals surface area contributed by atoms with Gasteiger partial charge in [-0.25, -0.2) is 0 Å². The quantitative estimate of drug-likeness (QED) is 0.493. The Bertz CT molecular complexity index is 1320. The van der Waals surface area contributed by atoms with E-state index in [-0.39, 0.29) is 11.3 Å². The largest absolute Gasteiger partial charge is 0.573 e. The fraction of sp³-hybridized carbons (Fsp3) is 0.316. The van der Waals surface area contributed by atoms with E-state index in [2.05, 4.69) is 19.8 Å². The molecule has 0 aliphatic carbocycles. The number of alkyl halides is 3. The Hall–Kier alpha value is -3.08. The first-order valence-electron chi connectivity index (χ1n) is 9.25. The van der Waals surface area contributed by atoms with Crippen LogP contribution in [0.1, 0.15) is 17.8 Å². The molecule has 0 N–H and O–H groups in total. The number of hydrogen-bond donors (Lipinski definition) is 0. The number of aryl methyl sites for hydroxylation is 2. The fourth-order valence-corrected chi connectivity index (χ4v) is 4.79. The van der Waals surface area contributed by atoms with Gasteiger partial charge in [0, 0.05) is 19.3 Å². The number of thiophene rings is 1. The third kappa shape index (κ3) is 3.09. The Morgan fingerprint density at radius 1 is 1.23 bits per heavy atom. The first-order valence-corrected chi connectivity index (χ1v) is 10.1. The highest BCUT2D eigenvalue weighted by atomic mass is 32.1. The van der Waals surface area contributed by atoms with E-state index < -0.39 is 6.36 Å². The average Bonchev–Trinajstić information content (AvgIpc) is 3.32. The lowest BCUT2D eigenvalue weighted by Gasteiger charge is -2.31. The molecule has 4 aromatic rings. The van der Waals surface area contributed by atoms with Crippen molar-refractivity contribution in [2.75, 3.05) is 11.4 Å². The molecule has 156 valence electrons. The van der Waals surface area contributed by atoms with Gasteiger partial charge >= 0.3 is 6.36 Å². The summed E-state index contributed by atoms with van der Waals surface area (Å²) in [5.41, 5.74) is 2.28. The van der Waals surface area contributed by atoms with E-state index in [0.717, 1.165) is 29.7 Å². The molecule has 11 heteroatoms. The molecule has 3 aromatic heterocycles. The maximum atomic E-state index is 12.5. The summed E-state index contributed by atoms with van der Waals surface area (Å²) in [6.45, 7) is 1.15. The molecular formula is C19H16F3N5O2S. The first kappa shape index (κ1) is 18.9. The second-order valence-corrected chi connectivity index (χ2v) is 8.03. The number of nitrogens with zero attached hydrogens (tertiary/aromatic N) is 5. The fourth-order valence-electron chi connectivity index (χ4n) is 3.94. The van der Waals surface area contributed by atoms with E-state index in [1.807, 2.05) is 15.8 Å². The number of ether oxygens (including phenoxy) is 1. The third-order valence-electron chi connectivity index (χ3n) is 5.23. The molecule has 1 aromatic carbocycles. The molecule has 0 radical (unpaired) electrons. The van der Waals surface area contributed by atoms with Crippen LogP contribution in [0.15, 0.2) is 34.4 Å². The number of hydrogen-bond acceptors (Lipinski definition) is 6. The topological polar surface area (TPSA) is 64.7 Å². The van der Waals surface area contributed by atoms with Gasteiger partial charge in [0.15, 0.2) is 5.82 Å². The molecule has 0 bridgehead atoms. The second kappa shape index (κ2) is 6.73. The Morgan fingerprint density at radius 3 is 2.87 bits per heavy atom. The smallest absolute Gasteiger partial charge is 0.406 e. The number of halogens is 3. The van der Waals surface area contributed by atoms with Gasteiger partial charge in [-0.15, -0.1) is 34.7 Å². The third-order valence-corrected chi connectivity index (χ3v) is 6.12. The van der Waals surface area contributed by atoms with E-state index in [4.69, 9.17) is 0 Å². The Morgan fingerprint density at radius 2 is 2.07 bits per heavy atom. The molecular weight excluding hydrogens is 419 g/mol. The molecule has 0 saturated carbocycles. The van der Waals surface area contributed by atoms with E-state index in [0.29, 0.717) is 29.3 Å². The van der Waals surface area contributed by atoms with Crippen LogP contribution in [0.5, 0.6) is 5.75 Å². The van der Waals surface area contributed by atoms with Crippen molar-refractivity contribution in [3.8, 4) is 5.75 Å². The van der Waals surface area contributed by atoms with Gasteiger partial charge in [-0.05, 0) is 48.1 Å². The number of benzene rings is 1. The van der Waals surface area contributed by atoms with Crippen molar-refractivity contribution in [1.82, 2.24) is 19.2 Å². The van der Waals surface area contributed by atoms with Gasteiger partial charge < -0.3 is 9.64 Å². The summed E-state index contributed by atoms with van der Waals surface area (Å²) in [5, 5.41) is 10.4. The van der Waals surface area contributed by atoms with Crippen molar-refractivity contribution in [1.29, 1.82) is 0 Å². The van der Waals surface area contributed by atoms with Crippen molar-refractivity contribution in [3.63, 3.8) is 0 Å². The summed E-state index contributed by atoms with van der Waals surface area (Å²) in [6.07, 6.45) is -3.25. The molecule has 1 aliphatic rings. The van der Waals surface area contributed by atoms with Gasteiger partial charge in [-0.3, -0.25) is 13.8 Å². The summed E-state index contributed by atoms with van der Waals surface area (Å²) in [4.78, 5) is 14.6. The van der Waals surface area contributed by atoms with Crippen LogP contribution in [0.2, 0.25) is 0 Å². The standard InChI is InChI=1S/C19H16F3N5O2S/c1-25-17(28)16-14(6-8-30-16)27-15(23-24-18(25)27)10-26-7-2-3-11-9-12(4-5-13(11)26)29-19(20,21)22/h4-6,8-9H,2-3,7,10H2,1H3. The molecule has 4 heterocycles. The van der Waals surface area contributed by atoms with Crippen LogP contribution in [0.3, 0.4) is 0 Å². The van der Waals surface area contributed by atoms with Crippen LogP contribution >= 0.6 is 11.3 Å². The maximum absolute atomic E-state index is 12.5. The predicted octanol–water partition coefficient (Wildman–Crippen LogP) is 3.49. The molecule has 5 rings (SSSR count). The molecule has 0 saturated heterocycles. The van der Waals surface area contributed by atoms with Gasteiger partial charge in [0.05, 0.1) is 12.1 Å². The summed E-state index contributed by atoms with van der Waals surface area (Å²) in [7, 11) is 1.66. The minimum atomic E-state index is -4.72. The Labute approximate surface area is 171 Å². The van der Waals surface area contributed by atoms with Crippen LogP contribution in [0.25, 0.3) is 16.0 Å². The monoisotopic (exact) mass is 435 g/mol. The minimum absolute atomic E-state index is 0.119. The molecule has 0 spiro atoms. The lowest BCUT2D eigenvalue weighted by atomic mass is 10.0. The maximum Gasteiger partial charge on any atom is 0.573 e. The molecule has 0 unspecified atom stereocenters. The minimum Gasteiger partial charge on any atom is -0.406 e. The molecule has 0 atom stereocenters. The number of aromatic nitrogens is 4. The van der Waals surface area contributed by atoms with Crippen LogP contribution in [-0.2, 0) is 20.0 Å².